The number of rotatable bonds is 5. The van der Waals surface area contributed by atoms with Crippen LogP contribution in [0, 0.1) is 35.5 Å². The highest BCUT2D eigenvalue weighted by Gasteiger charge is 2.66. The number of allylic oxidation sites excluding steroid dienone is 2. The number of carbonyl (C=O) groups excluding carboxylic acids is 4. The van der Waals surface area contributed by atoms with Gasteiger partial charge < -0.3 is 4.74 Å². The molecule has 6 rings (SSSR count). The van der Waals surface area contributed by atoms with Crippen LogP contribution in [0.1, 0.15) is 30.1 Å². The van der Waals surface area contributed by atoms with Crippen LogP contribution in [-0.4, -0.2) is 35.0 Å². The van der Waals surface area contributed by atoms with Crippen LogP contribution in [0.3, 0.4) is 0 Å². The summed E-state index contributed by atoms with van der Waals surface area (Å²) in [4.78, 5) is 51.0. The molecule has 0 radical (unpaired) electrons. The minimum Gasteiger partial charge on any atom is -0.426 e. The van der Waals surface area contributed by atoms with Crippen LogP contribution in [0.4, 0.5) is 0 Å². The molecular weight excluding hydrogens is 358 g/mol. The summed E-state index contributed by atoms with van der Waals surface area (Å²) >= 11 is 0. The van der Waals surface area contributed by atoms with E-state index in [2.05, 4.69) is 12.2 Å². The van der Waals surface area contributed by atoms with Crippen LogP contribution < -0.4 is 4.74 Å². The number of ether oxygens (including phenoxy) is 1. The molecule has 2 bridgehead atoms. The highest BCUT2D eigenvalue weighted by atomic mass is 16.5. The zero-order chi connectivity index (χ0) is 19.6. The van der Waals surface area contributed by atoms with Crippen molar-refractivity contribution < 1.29 is 23.9 Å². The molecule has 144 valence electrons. The topological polar surface area (TPSA) is 80.8 Å². The zero-order valence-electron chi connectivity index (χ0n) is 15.5. The van der Waals surface area contributed by atoms with Crippen molar-refractivity contribution in [2.45, 2.75) is 19.8 Å². The standard InChI is InChI=1S/C22H21NO5/c1-11(24)12-4-2-3-5-17(12)28-18(25)8-9-23-21(26)19-13-6-7-14(16-10-15(13)16)20(19)22(23)27/h2-7,13-16,19-20H,8-10H2,1H3. The smallest absolute Gasteiger partial charge is 0.313 e. The highest BCUT2D eigenvalue weighted by Crippen LogP contribution is 2.65. The lowest BCUT2D eigenvalue weighted by Crippen LogP contribution is -2.40. The summed E-state index contributed by atoms with van der Waals surface area (Å²) in [7, 11) is 0. The molecule has 1 aromatic carbocycles. The first kappa shape index (κ1) is 17.3. The van der Waals surface area contributed by atoms with Crippen LogP contribution in [0.25, 0.3) is 0 Å². The molecule has 0 N–H and O–H groups in total. The summed E-state index contributed by atoms with van der Waals surface area (Å²) in [5.41, 5.74) is 0.331. The minimum atomic E-state index is -0.562. The number of para-hydroxylation sites is 1. The maximum Gasteiger partial charge on any atom is 0.313 e. The minimum absolute atomic E-state index is 0.0283. The normalized spacial score (nSPS) is 34.2. The second kappa shape index (κ2) is 6.12. The van der Waals surface area contributed by atoms with Gasteiger partial charge in [0, 0.05) is 6.54 Å². The van der Waals surface area contributed by atoms with Crippen molar-refractivity contribution in [1.82, 2.24) is 4.90 Å². The molecule has 28 heavy (non-hydrogen) atoms. The molecule has 5 aliphatic rings. The summed E-state index contributed by atoms with van der Waals surface area (Å²) in [6.07, 6.45) is 5.29. The summed E-state index contributed by atoms with van der Waals surface area (Å²) < 4.78 is 5.31. The first-order valence-electron chi connectivity index (χ1n) is 9.81. The van der Waals surface area contributed by atoms with E-state index in [1.165, 1.54) is 11.8 Å². The molecule has 6 atom stereocenters. The molecule has 4 aliphatic carbocycles. The molecule has 6 nitrogen and oxygen atoms in total. The number of hydrogen-bond donors (Lipinski definition) is 0. The Balaban J connectivity index is 1.26. The Bertz CT molecular complexity index is 899. The van der Waals surface area contributed by atoms with E-state index in [0.717, 1.165) is 6.42 Å². The molecule has 6 heteroatoms. The van der Waals surface area contributed by atoms with Gasteiger partial charge in [-0.1, -0.05) is 24.3 Å². The highest BCUT2D eigenvalue weighted by molar-refractivity contribution is 6.06. The monoisotopic (exact) mass is 379 g/mol. The van der Waals surface area contributed by atoms with Crippen molar-refractivity contribution in [3.63, 3.8) is 0 Å². The molecule has 2 amide bonds. The van der Waals surface area contributed by atoms with Gasteiger partial charge in [-0.3, -0.25) is 24.1 Å². The second-order valence-electron chi connectivity index (χ2n) is 8.26. The maximum absolute atomic E-state index is 12.9. The lowest BCUT2D eigenvalue weighted by atomic mass is 9.63. The summed E-state index contributed by atoms with van der Waals surface area (Å²) in [5.74, 6) is 0.130. The first-order chi connectivity index (χ1) is 13.5. The average molecular weight is 379 g/mol. The Kier molecular flexibility index (Phi) is 3.79. The molecule has 1 heterocycles. The molecule has 0 aromatic heterocycles. The summed E-state index contributed by atoms with van der Waals surface area (Å²) in [6.45, 7) is 1.43. The van der Waals surface area contributed by atoms with Gasteiger partial charge in [-0.2, -0.15) is 0 Å². The van der Waals surface area contributed by atoms with E-state index in [1.807, 2.05) is 0 Å². The van der Waals surface area contributed by atoms with Gasteiger partial charge in [0.1, 0.15) is 5.75 Å². The zero-order valence-corrected chi connectivity index (χ0v) is 15.5. The number of esters is 1. The van der Waals surface area contributed by atoms with Crippen LogP contribution in [0.2, 0.25) is 0 Å². The fourth-order valence-corrected chi connectivity index (χ4v) is 5.46. The number of likely N-dealkylation sites (tertiary alicyclic amines) is 1. The predicted octanol–water partition coefficient (Wildman–Crippen LogP) is 2.24. The van der Waals surface area contributed by atoms with Crippen molar-refractivity contribution in [1.29, 1.82) is 0 Å². The molecule has 6 unspecified atom stereocenters. The van der Waals surface area contributed by atoms with Crippen LogP contribution in [0.5, 0.6) is 5.75 Å². The molecule has 1 aliphatic heterocycles. The van der Waals surface area contributed by atoms with Gasteiger partial charge in [0.15, 0.2) is 5.78 Å². The van der Waals surface area contributed by atoms with E-state index in [4.69, 9.17) is 4.74 Å². The third-order valence-electron chi connectivity index (χ3n) is 6.78. The second-order valence-corrected chi connectivity index (χ2v) is 8.26. The third-order valence-corrected chi connectivity index (χ3v) is 6.78. The van der Waals surface area contributed by atoms with Crippen molar-refractivity contribution in [3.8, 4) is 5.75 Å². The van der Waals surface area contributed by atoms with Gasteiger partial charge in [-0.25, -0.2) is 0 Å². The average Bonchev–Trinajstić information content (AvgIpc) is 3.46. The van der Waals surface area contributed by atoms with Gasteiger partial charge in [0.05, 0.1) is 23.8 Å². The lowest BCUT2D eigenvalue weighted by Gasteiger charge is -2.37. The molecule has 0 spiro atoms. The van der Waals surface area contributed by atoms with Crippen LogP contribution in [-0.2, 0) is 14.4 Å². The van der Waals surface area contributed by atoms with Crippen molar-refractivity contribution in [2.24, 2.45) is 35.5 Å². The number of imide groups is 1. The Morgan fingerprint density at radius 2 is 1.64 bits per heavy atom. The summed E-state index contributed by atoms with van der Waals surface area (Å²) in [5, 5.41) is 0. The van der Waals surface area contributed by atoms with Gasteiger partial charge in [-0.05, 0) is 49.1 Å². The molecule has 1 aromatic rings. The molecular formula is C22H21NO5. The van der Waals surface area contributed by atoms with E-state index in [9.17, 15) is 19.2 Å². The molecule has 2 saturated carbocycles. The van der Waals surface area contributed by atoms with E-state index >= 15 is 0 Å². The fourth-order valence-electron chi connectivity index (χ4n) is 5.46. The van der Waals surface area contributed by atoms with E-state index in [0.29, 0.717) is 17.4 Å². The van der Waals surface area contributed by atoms with Crippen LogP contribution >= 0.6 is 0 Å². The first-order valence-corrected chi connectivity index (χ1v) is 9.81. The van der Waals surface area contributed by atoms with Crippen molar-refractivity contribution >= 4 is 23.6 Å². The number of amides is 2. The number of carbonyl (C=O) groups is 4. The Morgan fingerprint density at radius 3 is 2.25 bits per heavy atom. The lowest BCUT2D eigenvalue weighted by molar-refractivity contribution is -0.141. The van der Waals surface area contributed by atoms with Gasteiger partial charge >= 0.3 is 5.97 Å². The van der Waals surface area contributed by atoms with Gasteiger partial charge in [0.25, 0.3) is 0 Å². The number of nitrogens with zero attached hydrogens (tertiary/aromatic N) is 1. The number of hydrogen-bond acceptors (Lipinski definition) is 5. The summed E-state index contributed by atoms with van der Waals surface area (Å²) in [6, 6.07) is 6.54. The third kappa shape index (κ3) is 2.47. The predicted molar refractivity (Wildman–Crippen MR) is 98.1 cm³/mol. The van der Waals surface area contributed by atoms with Gasteiger partial charge in [0.2, 0.25) is 11.8 Å². The number of Topliss-reactive ketones (excluding diaryl/α,β-unsaturated/α-hetero) is 1. The number of ketones is 1. The largest absolute Gasteiger partial charge is 0.426 e. The quantitative estimate of drug-likeness (QED) is 0.258. The molecule has 3 fully saturated rings. The van der Waals surface area contributed by atoms with E-state index < -0.39 is 5.97 Å². The van der Waals surface area contributed by atoms with E-state index in [-0.39, 0.29) is 60.0 Å². The Morgan fingerprint density at radius 1 is 1.04 bits per heavy atom. The van der Waals surface area contributed by atoms with Crippen LogP contribution in [0.15, 0.2) is 36.4 Å². The maximum atomic E-state index is 12.9. The molecule has 1 saturated heterocycles. The van der Waals surface area contributed by atoms with Crippen molar-refractivity contribution in [3.05, 3.63) is 42.0 Å². The van der Waals surface area contributed by atoms with Gasteiger partial charge in [-0.15, -0.1) is 0 Å². The number of benzene rings is 1. The fraction of sp³-hybridized carbons (Fsp3) is 0.455. The Hall–Kier alpha value is -2.76. The Labute approximate surface area is 162 Å². The van der Waals surface area contributed by atoms with E-state index in [1.54, 1.807) is 24.3 Å². The SMILES string of the molecule is CC(=O)c1ccccc1OC(=O)CCN1C(=O)C2C3C=CC(C4CC34)C2C1=O. The van der Waals surface area contributed by atoms with Crippen molar-refractivity contribution in [2.75, 3.05) is 6.54 Å².